The second kappa shape index (κ2) is 8.06. The van der Waals surface area contributed by atoms with Crippen LogP contribution in [0.2, 0.25) is 0 Å². The van der Waals surface area contributed by atoms with Crippen LogP contribution >= 0.6 is 0 Å². The lowest BCUT2D eigenvalue weighted by atomic mass is 10.2. The highest BCUT2D eigenvalue weighted by Crippen LogP contribution is 2.33. The minimum Gasteiger partial charge on any atom is -0.491 e. The molecule has 3 aromatic rings. The maximum absolute atomic E-state index is 13.5. The summed E-state index contributed by atoms with van der Waals surface area (Å²) in [4.78, 5) is 14.0. The minimum absolute atomic E-state index is 0.0341. The molecule has 1 atom stereocenters. The van der Waals surface area contributed by atoms with Crippen LogP contribution in [0.25, 0.3) is 11.4 Å². The van der Waals surface area contributed by atoms with Gasteiger partial charge in [-0.2, -0.15) is 13.2 Å². The van der Waals surface area contributed by atoms with Crippen molar-refractivity contribution in [3.63, 3.8) is 0 Å². The van der Waals surface area contributed by atoms with E-state index in [9.17, 15) is 13.2 Å². The van der Waals surface area contributed by atoms with Gasteiger partial charge in [0.15, 0.2) is 11.5 Å². The Morgan fingerprint density at radius 2 is 1.79 bits per heavy atom. The van der Waals surface area contributed by atoms with Crippen LogP contribution in [0.5, 0.6) is 5.75 Å². The predicted octanol–water partition coefficient (Wildman–Crippen LogP) is 4.61. The number of benzene rings is 1. The highest BCUT2D eigenvalue weighted by atomic mass is 19.4. The van der Waals surface area contributed by atoms with Crippen LogP contribution in [0.15, 0.2) is 60.9 Å². The van der Waals surface area contributed by atoms with Gasteiger partial charge in [0.1, 0.15) is 18.2 Å². The van der Waals surface area contributed by atoms with Crippen molar-refractivity contribution in [3.8, 4) is 17.1 Å². The van der Waals surface area contributed by atoms with Gasteiger partial charge in [0.05, 0.1) is 6.04 Å². The fraction of sp³-hybridized carbons (Fsp3) is 0.286. The molecule has 0 saturated carbocycles. The van der Waals surface area contributed by atoms with Gasteiger partial charge in [-0.15, -0.1) is 0 Å². The summed E-state index contributed by atoms with van der Waals surface area (Å²) >= 11 is 0. The fourth-order valence-corrected chi connectivity index (χ4v) is 3.38. The Labute approximate surface area is 166 Å². The Morgan fingerprint density at radius 3 is 2.52 bits per heavy atom. The van der Waals surface area contributed by atoms with Gasteiger partial charge in [-0.25, -0.2) is 9.97 Å². The Morgan fingerprint density at radius 1 is 1.03 bits per heavy atom. The van der Waals surface area contributed by atoms with Crippen LogP contribution in [0.3, 0.4) is 0 Å². The molecule has 0 amide bonds. The third-order valence-corrected chi connectivity index (χ3v) is 4.80. The molecule has 1 saturated heterocycles. The molecule has 3 heterocycles. The number of halogens is 3. The average molecular weight is 400 g/mol. The highest BCUT2D eigenvalue weighted by Gasteiger charge is 2.35. The normalized spacial score (nSPS) is 16.8. The summed E-state index contributed by atoms with van der Waals surface area (Å²) in [5.41, 5.74) is -0.465. The minimum atomic E-state index is -4.56. The van der Waals surface area contributed by atoms with Crippen molar-refractivity contribution < 1.29 is 17.9 Å². The zero-order chi connectivity index (χ0) is 20.3. The summed E-state index contributed by atoms with van der Waals surface area (Å²) < 4.78 is 46.3. The summed E-state index contributed by atoms with van der Waals surface area (Å²) in [6, 6.07) is 13.5. The van der Waals surface area contributed by atoms with Crippen LogP contribution in [-0.4, -0.2) is 34.1 Å². The number of hydrogen-bond donors (Lipinski definition) is 0. The van der Waals surface area contributed by atoms with E-state index in [0.717, 1.165) is 24.7 Å². The van der Waals surface area contributed by atoms with Crippen molar-refractivity contribution in [2.75, 3.05) is 18.1 Å². The lowest BCUT2D eigenvalue weighted by molar-refractivity contribution is -0.141. The molecule has 29 heavy (non-hydrogen) atoms. The Bertz CT molecular complexity index is 951. The van der Waals surface area contributed by atoms with Crippen LogP contribution in [0.4, 0.5) is 19.0 Å². The molecule has 1 aliphatic rings. The van der Waals surface area contributed by atoms with E-state index in [2.05, 4.69) is 15.0 Å². The number of ether oxygens (including phenoxy) is 1. The standard InChI is InChI=1S/C21H19F3N4O/c22-21(23,24)18-13-19(27-20(26-18)15-8-10-25-11-9-15)28-12-4-5-16(28)14-29-17-6-2-1-3-7-17/h1-3,6-11,13,16H,4-5,12,14H2. The van der Waals surface area contributed by atoms with Crippen LogP contribution in [0, 0.1) is 0 Å². The number of hydrogen-bond acceptors (Lipinski definition) is 5. The molecule has 1 unspecified atom stereocenters. The monoisotopic (exact) mass is 400 g/mol. The molecule has 4 rings (SSSR count). The quantitative estimate of drug-likeness (QED) is 0.626. The topological polar surface area (TPSA) is 51.1 Å². The Balaban J connectivity index is 1.63. The molecule has 1 aromatic carbocycles. The van der Waals surface area contributed by atoms with E-state index in [-0.39, 0.29) is 17.7 Å². The third-order valence-electron chi connectivity index (χ3n) is 4.80. The largest absolute Gasteiger partial charge is 0.491 e. The van der Waals surface area contributed by atoms with Gasteiger partial charge in [-0.1, -0.05) is 18.2 Å². The molecule has 0 spiro atoms. The number of aromatic nitrogens is 3. The SMILES string of the molecule is FC(F)(F)c1cc(N2CCCC2COc2ccccc2)nc(-c2ccncc2)n1. The Hall–Kier alpha value is -3.16. The van der Waals surface area contributed by atoms with Crippen molar-refractivity contribution in [1.82, 2.24) is 15.0 Å². The van der Waals surface area contributed by atoms with Gasteiger partial charge in [0.25, 0.3) is 0 Å². The second-order valence-corrected chi connectivity index (χ2v) is 6.78. The molecule has 8 heteroatoms. The molecule has 0 aliphatic carbocycles. The number of para-hydroxylation sites is 1. The van der Waals surface area contributed by atoms with E-state index < -0.39 is 11.9 Å². The number of anilines is 1. The van der Waals surface area contributed by atoms with Crippen molar-refractivity contribution in [1.29, 1.82) is 0 Å². The molecule has 0 bridgehead atoms. The molecule has 2 aromatic heterocycles. The lowest BCUT2D eigenvalue weighted by Crippen LogP contribution is -2.35. The molecule has 150 valence electrons. The van der Waals surface area contributed by atoms with Gasteiger partial charge in [-0.05, 0) is 37.1 Å². The van der Waals surface area contributed by atoms with Gasteiger partial charge in [0.2, 0.25) is 0 Å². The number of pyridine rings is 1. The maximum Gasteiger partial charge on any atom is 0.433 e. The summed E-state index contributed by atoms with van der Waals surface area (Å²) in [5.74, 6) is 1.03. The molecular formula is C21H19F3N4O. The zero-order valence-electron chi connectivity index (χ0n) is 15.5. The summed E-state index contributed by atoms with van der Waals surface area (Å²) in [7, 11) is 0. The summed E-state index contributed by atoms with van der Waals surface area (Å²) in [6.07, 6.45) is 0.132. The fourth-order valence-electron chi connectivity index (χ4n) is 3.38. The zero-order valence-corrected chi connectivity index (χ0v) is 15.5. The van der Waals surface area contributed by atoms with E-state index >= 15 is 0 Å². The maximum atomic E-state index is 13.5. The summed E-state index contributed by atoms with van der Waals surface area (Å²) in [5, 5.41) is 0. The number of nitrogens with zero attached hydrogens (tertiary/aromatic N) is 4. The van der Waals surface area contributed by atoms with E-state index in [1.807, 2.05) is 35.2 Å². The molecule has 0 radical (unpaired) electrons. The third kappa shape index (κ3) is 4.47. The van der Waals surface area contributed by atoms with Crippen molar-refractivity contribution in [2.24, 2.45) is 0 Å². The number of alkyl halides is 3. The smallest absolute Gasteiger partial charge is 0.433 e. The number of rotatable bonds is 5. The average Bonchev–Trinajstić information content (AvgIpc) is 3.21. The van der Waals surface area contributed by atoms with Crippen molar-refractivity contribution in [3.05, 3.63) is 66.6 Å². The van der Waals surface area contributed by atoms with Crippen molar-refractivity contribution >= 4 is 5.82 Å². The first kappa shape index (κ1) is 19.2. The molecule has 1 aliphatic heterocycles. The Kier molecular flexibility index (Phi) is 5.33. The van der Waals surface area contributed by atoms with E-state index in [1.54, 1.807) is 12.1 Å². The first-order chi connectivity index (χ1) is 14.0. The molecule has 1 fully saturated rings. The van der Waals surface area contributed by atoms with Crippen LogP contribution < -0.4 is 9.64 Å². The van der Waals surface area contributed by atoms with E-state index in [0.29, 0.717) is 18.7 Å². The molecule has 0 N–H and O–H groups in total. The van der Waals surface area contributed by atoms with E-state index in [4.69, 9.17) is 4.74 Å². The van der Waals surface area contributed by atoms with Gasteiger partial charge in [-0.3, -0.25) is 4.98 Å². The first-order valence-corrected chi connectivity index (χ1v) is 9.32. The van der Waals surface area contributed by atoms with Gasteiger partial charge < -0.3 is 9.64 Å². The summed E-state index contributed by atoms with van der Waals surface area (Å²) in [6.45, 7) is 0.993. The molecular weight excluding hydrogens is 381 g/mol. The van der Waals surface area contributed by atoms with E-state index in [1.165, 1.54) is 12.4 Å². The lowest BCUT2D eigenvalue weighted by Gasteiger charge is -2.26. The first-order valence-electron chi connectivity index (χ1n) is 9.32. The van der Waals surface area contributed by atoms with Crippen molar-refractivity contribution in [2.45, 2.75) is 25.1 Å². The molecule has 5 nitrogen and oxygen atoms in total. The van der Waals surface area contributed by atoms with Crippen LogP contribution in [0.1, 0.15) is 18.5 Å². The predicted molar refractivity (Wildman–Crippen MR) is 103 cm³/mol. The van der Waals surface area contributed by atoms with Crippen LogP contribution in [-0.2, 0) is 6.18 Å². The van der Waals surface area contributed by atoms with Gasteiger partial charge in [0, 0.05) is 30.6 Å². The second-order valence-electron chi connectivity index (χ2n) is 6.78. The highest BCUT2D eigenvalue weighted by molar-refractivity contribution is 5.58. The van der Waals surface area contributed by atoms with Gasteiger partial charge >= 0.3 is 6.18 Å².